The topological polar surface area (TPSA) is 48.0 Å². The lowest BCUT2D eigenvalue weighted by Gasteiger charge is -2.25. The van der Waals surface area contributed by atoms with E-state index in [-0.39, 0.29) is 11.3 Å². The minimum Gasteiger partial charge on any atom is -0.497 e. The van der Waals surface area contributed by atoms with E-state index >= 15 is 0 Å². The molecule has 1 unspecified atom stereocenters. The zero-order chi connectivity index (χ0) is 18.5. The average molecular weight is 373 g/mol. The number of hydrogen-bond donors (Lipinski definition) is 0. The number of carbonyl (C=O) groups is 1. The highest BCUT2D eigenvalue weighted by Crippen LogP contribution is 2.41. The Hall–Kier alpha value is -2.34. The third kappa shape index (κ3) is 3.90. The van der Waals surface area contributed by atoms with Crippen molar-refractivity contribution in [3.05, 3.63) is 53.6 Å². The number of benzene rings is 2. The third-order valence-electron chi connectivity index (χ3n) is 4.26. The first-order valence-electron chi connectivity index (χ1n) is 8.51. The lowest BCUT2D eigenvalue weighted by Crippen LogP contribution is -2.27. The fraction of sp³-hybridized carbons (Fsp3) is 0.350. The van der Waals surface area contributed by atoms with Crippen molar-refractivity contribution in [3.8, 4) is 17.2 Å². The first-order chi connectivity index (χ1) is 12.7. The molecule has 1 saturated heterocycles. The van der Waals surface area contributed by atoms with Gasteiger partial charge in [-0.1, -0.05) is 12.1 Å². The van der Waals surface area contributed by atoms with Gasteiger partial charge in [-0.3, -0.25) is 4.79 Å². The molecule has 138 valence electrons. The van der Waals surface area contributed by atoms with Crippen LogP contribution in [-0.4, -0.2) is 37.4 Å². The number of hydrogen-bond acceptors (Lipinski definition) is 5. The van der Waals surface area contributed by atoms with Gasteiger partial charge in [0.2, 0.25) is 5.91 Å². The lowest BCUT2D eigenvalue weighted by atomic mass is 10.1. The van der Waals surface area contributed by atoms with Gasteiger partial charge >= 0.3 is 0 Å². The normalized spacial score (nSPS) is 16.7. The van der Waals surface area contributed by atoms with Crippen LogP contribution in [0.5, 0.6) is 17.2 Å². The van der Waals surface area contributed by atoms with Gasteiger partial charge in [-0.15, -0.1) is 11.8 Å². The molecule has 1 atom stereocenters. The second-order valence-electron chi connectivity index (χ2n) is 5.87. The van der Waals surface area contributed by atoms with Gasteiger partial charge in [0.15, 0.2) is 0 Å². The third-order valence-corrected chi connectivity index (χ3v) is 5.51. The first kappa shape index (κ1) is 18.5. The van der Waals surface area contributed by atoms with Crippen LogP contribution in [0.2, 0.25) is 0 Å². The highest BCUT2D eigenvalue weighted by molar-refractivity contribution is 8.00. The lowest BCUT2D eigenvalue weighted by molar-refractivity contribution is -0.128. The van der Waals surface area contributed by atoms with Gasteiger partial charge in [0, 0.05) is 11.6 Å². The van der Waals surface area contributed by atoms with Crippen molar-refractivity contribution < 1.29 is 19.0 Å². The smallest absolute Gasteiger partial charge is 0.234 e. The van der Waals surface area contributed by atoms with Gasteiger partial charge in [0.05, 0.1) is 33.1 Å². The van der Waals surface area contributed by atoms with Crippen molar-refractivity contribution >= 4 is 17.7 Å². The Morgan fingerprint density at radius 3 is 2.69 bits per heavy atom. The molecule has 2 aromatic carbocycles. The standard InChI is InChI=1S/C20H23NO4S/c1-4-25-17-7-5-6-14(10-17)20-21(19(22)13-26-20)12-15-8-9-16(23-2)11-18(15)24-3/h5-11,20H,4,12-13H2,1-3H3. The fourth-order valence-corrected chi connectivity index (χ4v) is 4.17. The summed E-state index contributed by atoms with van der Waals surface area (Å²) in [6.45, 7) is 3.07. The van der Waals surface area contributed by atoms with Crippen molar-refractivity contribution in [3.63, 3.8) is 0 Å². The Labute approximate surface area is 158 Å². The average Bonchev–Trinajstić information content (AvgIpc) is 3.03. The molecule has 1 amide bonds. The van der Waals surface area contributed by atoms with Gasteiger partial charge in [0.1, 0.15) is 22.6 Å². The van der Waals surface area contributed by atoms with Crippen LogP contribution in [0, 0.1) is 0 Å². The molecule has 5 nitrogen and oxygen atoms in total. The Morgan fingerprint density at radius 2 is 1.96 bits per heavy atom. The Kier molecular flexibility index (Phi) is 5.93. The molecule has 0 saturated carbocycles. The molecule has 1 fully saturated rings. The summed E-state index contributed by atoms with van der Waals surface area (Å²) < 4.78 is 16.3. The number of thioether (sulfide) groups is 1. The van der Waals surface area contributed by atoms with Crippen LogP contribution in [0.15, 0.2) is 42.5 Å². The minimum atomic E-state index is -0.0327. The second-order valence-corrected chi connectivity index (χ2v) is 6.94. The maximum absolute atomic E-state index is 12.5. The number of carbonyl (C=O) groups excluding carboxylic acids is 1. The SMILES string of the molecule is CCOc1cccc(C2SCC(=O)N2Cc2ccc(OC)cc2OC)c1. The van der Waals surface area contributed by atoms with E-state index in [4.69, 9.17) is 14.2 Å². The van der Waals surface area contributed by atoms with Crippen LogP contribution in [0.3, 0.4) is 0 Å². The molecule has 0 N–H and O–H groups in total. The Morgan fingerprint density at radius 1 is 1.12 bits per heavy atom. The number of rotatable bonds is 7. The monoisotopic (exact) mass is 373 g/mol. The van der Waals surface area contributed by atoms with Crippen molar-refractivity contribution in [1.29, 1.82) is 0 Å². The summed E-state index contributed by atoms with van der Waals surface area (Å²) in [4.78, 5) is 14.4. The van der Waals surface area contributed by atoms with E-state index in [2.05, 4.69) is 0 Å². The molecule has 0 aliphatic carbocycles. The largest absolute Gasteiger partial charge is 0.497 e. The predicted octanol–water partition coefficient (Wildman–Crippen LogP) is 3.88. The first-order valence-corrected chi connectivity index (χ1v) is 9.56. The molecular weight excluding hydrogens is 350 g/mol. The number of methoxy groups -OCH3 is 2. The fourth-order valence-electron chi connectivity index (χ4n) is 2.99. The van der Waals surface area contributed by atoms with E-state index in [1.165, 1.54) is 0 Å². The molecule has 1 heterocycles. The molecule has 0 spiro atoms. The highest BCUT2D eigenvalue weighted by Gasteiger charge is 2.33. The molecule has 3 rings (SSSR count). The molecule has 1 aliphatic heterocycles. The maximum Gasteiger partial charge on any atom is 0.234 e. The van der Waals surface area contributed by atoms with Gasteiger partial charge in [-0.05, 0) is 36.8 Å². The summed E-state index contributed by atoms with van der Waals surface area (Å²) in [5.74, 6) is 2.87. The van der Waals surface area contributed by atoms with E-state index in [1.54, 1.807) is 26.0 Å². The van der Waals surface area contributed by atoms with E-state index in [0.717, 1.165) is 28.4 Å². The quantitative estimate of drug-likeness (QED) is 0.737. The van der Waals surface area contributed by atoms with Gasteiger partial charge in [0.25, 0.3) is 0 Å². The van der Waals surface area contributed by atoms with E-state index in [9.17, 15) is 4.79 Å². The van der Waals surface area contributed by atoms with Crippen molar-refractivity contribution in [1.82, 2.24) is 4.90 Å². The highest BCUT2D eigenvalue weighted by atomic mass is 32.2. The molecule has 6 heteroatoms. The predicted molar refractivity (Wildman–Crippen MR) is 103 cm³/mol. The zero-order valence-electron chi connectivity index (χ0n) is 15.2. The summed E-state index contributed by atoms with van der Waals surface area (Å²) in [5, 5.41) is -0.0327. The maximum atomic E-state index is 12.5. The molecule has 0 radical (unpaired) electrons. The van der Waals surface area contributed by atoms with E-state index < -0.39 is 0 Å². The molecular formula is C20H23NO4S. The van der Waals surface area contributed by atoms with Crippen LogP contribution < -0.4 is 14.2 Å². The summed E-state index contributed by atoms with van der Waals surface area (Å²) in [5.41, 5.74) is 2.02. The summed E-state index contributed by atoms with van der Waals surface area (Å²) in [7, 11) is 3.25. The number of nitrogens with zero attached hydrogens (tertiary/aromatic N) is 1. The van der Waals surface area contributed by atoms with Crippen LogP contribution in [0.25, 0.3) is 0 Å². The van der Waals surface area contributed by atoms with E-state index in [1.807, 2.05) is 54.3 Å². The molecule has 0 aromatic heterocycles. The van der Waals surface area contributed by atoms with Crippen molar-refractivity contribution in [2.75, 3.05) is 26.6 Å². The van der Waals surface area contributed by atoms with Crippen LogP contribution in [-0.2, 0) is 11.3 Å². The second kappa shape index (κ2) is 8.36. The molecule has 26 heavy (non-hydrogen) atoms. The van der Waals surface area contributed by atoms with Crippen molar-refractivity contribution in [2.45, 2.75) is 18.8 Å². The van der Waals surface area contributed by atoms with Crippen LogP contribution >= 0.6 is 11.8 Å². The zero-order valence-corrected chi connectivity index (χ0v) is 16.0. The van der Waals surface area contributed by atoms with Crippen LogP contribution in [0.1, 0.15) is 23.4 Å². The van der Waals surface area contributed by atoms with Gasteiger partial charge < -0.3 is 19.1 Å². The number of ether oxygens (including phenoxy) is 3. The molecule has 0 bridgehead atoms. The van der Waals surface area contributed by atoms with Gasteiger partial charge in [-0.25, -0.2) is 0 Å². The van der Waals surface area contributed by atoms with E-state index in [0.29, 0.717) is 18.9 Å². The Balaban J connectivity index is 1.86. The summed E-state index contributed by atoms with van der Waals surface area (Å²) in [6, 6.07) is 13.6. The Bertz CT molecular complexity index is 780. The minimum absolute atomic E-state index is 0.0327. The van der Waals surface area contributed by atoms with Gasteiger partial charge in [-0.2, -0.15) is 0 Å². The summed E-state index contributed by atoms with van der Waals surface area (Å²) >= 11 is 1.63. The van der Waals surface area contributed by atoms with Crippen LogP contribution in [0.4, 0.5) is 0 Å². The molecule has 2 aromatic rings. The molecule has 1 aliphatic rings. The summed E-state index contributed by atoms with van der Waals surface area (Å²) in [6.07, 6.45) is 0. The van der Waals surface area contributed by atoms with Crippen molar-refractivity contribution in [2.24, 2.45) is 0 Å². The number of amides is 1.